The van der Waals surface area contributed by atoms with Gasteiger partial charge in [0.1, 0.15) is 6.33 Å². The first-order valence-electron chi connectivity index (χ1n) is 4.01. The minimum atomic E-state index is -0.288. The topological polar surface area (TPSA) is 83.8 Å². The van der Waals surface area contributed by atoms with Gasteiger partial charge in [-0.3, -0.25) is 9.89 Å². The molecule has 2 aromatic heterocycles. The average Bonchev–Trinajstić information content (AvgIpc) is 2.87. The second-order valence-electron chi connectivity index (χ2n) is 2.65. The highest BCUT2D eigenvalue weighted by molar-refractivity contribution is 5.90. The predicted molar refractivity (Wildman–Crippen MR) is 46.3 cm³/mol. The molecule has 0 aliphatic rings. The van der Waals surface area contributed by atoms with E-state index in [1.807, 2.05) is 0 Å². The van der Waals surface area contributed by atoms with Crippen LogP contribution in [0, 0.1) is 0 Å². The Morgan fingerprint density at radius 1 is 1.64 bits per heavy atom. The second kappa shape index (κ2) is 3.73. The van der Waals surface area contributed by atoms with Crippen LogP contribution in [0.1, 0.15) is 16.2 Å². The first kappa shape index (κ1) is 8.49. The Morgan fingerprint density at radius 3 is 3.21 bits per heavy atom. The van der Waals surface area contributed by atoms with Crippen LogP contribution >= 0.6 is 0 Å². The van der Waals surface area contributed by atoms with Crippen molar-refractivity contribution in [3.8, 4) is 0 Å². The summed E-state index contributed by atoms with van der Waals surface area (Å²) in [5.41, 5.74) is 0.901. The summed E-state index contributed by atoms with van der Waals surface area (Å²) in [7, 11) is 0. The Balaban J connectivity index is 1.90. The molecule has 0 fully saturated rings. The van der Waals surface area contributed by atoms with Gasteiger partial charge < -0.3 is 9.73 Å². The van der Waals surface area contributed by atoms with Crippen LogP contribution < -0.4 is 5.32 Å². The van der Waals surface area contributed by atoms with Crippen molar-refractivity contribution in [1.82, 2.24) is 20.5 Å². The Morgan fingerprint density at radius 2 is 2.57 bits per heavy atom. The van der Waals surface area contributed by atoms with E-state index in [2.05, 4.69) is 20.5 Å². The molecule has 1 amide bonds. The molecule has 0 aromatic carbocycles. The van der Waals surface area contributed by atoms with Crippen LogP contribution in [0.15, 0.2) is 29.3 Å². The molecule has 2 N–H and O–H groups in total. The number of nitrogens with one attached hydrogen (secondary N) is 2. The van der Waals surface area contributed by atoms with Crippen molar-refractivity contribution in [2.75, 3.05) is 0 Å². The second-order valence-corrected chi connectivity index (χ2v) is 2.65. The van der Waals surface area contributed by atoms with Crippen molar-refractivity contribution in [3.05, 3.63) is 36.3 Å². The van der Waals surface area contributed by atoms with Crippen molar-refractivity contribution in [3.63, 3.8) is 0 Å². The molecular weight excluding hydrogens is 184 g/mol. The number of amides is 1. The molecule has 6 nitrogen and oxygen atoms in total. The number of aromatic amines is 1. The molecule has 0 saturated carbocycles. The minimum absolute atomic E-state index is 0.202. The number of H-pyrrole nitrogens is 1. The van der Waals surface area contributed by atoms with Gasteiger partial charge in [0.25, 0.3) is 5.91 Å². The van der Waals surface area contributed by atoms with Crippen LogP contribution in [-0.4, -0.2) is 21.1 Å². The Bertz CT molecular complexity index is 393. The predicted octanol–water partition coefficient (Wildman–Crippen LogP) is 0.328. The van der Waals surface area contributed by atoms with Gasteiger partial charge in [-0.25, -0.2) is 4.98 Å². The van der Waals surface area contributed by atoms with E-state index in [1.165, 1.54) is 6.33 Å². The van der Waals surface area contributed by atoms with Crippen molar-refractivity contribution in [1.29, 1.82) is 0 Å². The molecule has 0 saturated heterocycles. The number of aromatic nitrogens is 3. The van der Waals surface area contributed by atoms with Crippen LogP contribution in [-0.2, 0) is 6.54 Å². The largest absolute Gasteiger partial charge is 0.472 e. The lowest BCUT2D eigenvalue weighted by Crippen LogP contribution is -2.23. The average molecular weight is 192 g/mol. The van der Waals surface area contributed by atoms with E-state index < -0.39 is 0 Å². The first-order valence-corrected chi connectivity index (χ1v) is 4.01. The highest BCUT2D eigenvalue weighted by Gasteiger charge is 2.07. The monoisotopic (exact) mass is 192 g/mol. The van der Waals surface area contributed by atoms with E-state index in [-0.39, 0.29) is 11.7 Å². The highest BCUT2D eigenvalue weighted by atomic mass is 16.3. The molecule has 0 bridgehead atoms. The van der Waals surface area contributed by atoms with Crippen LogP contribution in [0.2, 0.25) is 0 Å². The maximum absolute atomic E-state index is 11.3. The maximum atomic E-state index is 11.3. The third-order valence-electron chi connectivity index (χ3n) is 1.66. The quantitative estimate of drug-likeness (QED) is 0.733. The lowest BCUT2D eigenvalue weighted by Gasteiger charge is -1.98. The molecule has 0 aliphatic carbocycles. The van der Waals surface area contributed by atoms with E-state index in [1.54, 1.807) is 18.6 Å². The third kappa shape index (κ3) is 1.79. The third-order valence-corrected chi connectivity index (χ3v) is 1.66. The molecule has 2 rings (SSSR count). The lowest BCUT2D eigenvalue weighted by atomic mass is 10.3. The summed E-state index contributed by atoms with van der Waals surface area (Å²) in [6.45, 7) is 0.413. The summed E-state index contributed by atoms with van der Waals surface area (Å²) in [4.78, 5) is 15.0. The highest BCUT2D eigenvalue weighted by Crippen LogP contribution is 1.98. The van der Waals surface area contributed by atoms with Gasteiger partial charge >= 0.3 is 0 Å². The van der Waals surface area contributed by atoms with Gasteiger partial charge in [-0.1, -0.05) is 0 Å². The van der Waals surface area contributed by atoms with Crippen molar-refractivity contribution in [2.24, 2.45) is 0 Å². The molecule has 0 atom stereocenters. The van der Waals surface area contributed by atoms with Crippen LogP contribution in [0.3, 0.4) is 0 Å². The number of carbonyl (C=O) groups excluding carboxylic acids is 1. The maximum Gasteiger partial charge on any atom is 0.288 e. The van der Waals surface area contributed by atoms with Crippen LogP contribution in [0.4, 0.5) is 0 Å². The standard InChI is InChI=1S/C8H8N4O2/c13-8(7-10-5-11-12-7)9-3-6-1-2-14-4-6/h1-2,4-5H,3H2,(H,9,13)(H,10,11,12). The molecule has 72 valence electrons. The summed E-state index contributed by atoms with van der Waals surface area (Å²) < 4.78 is 4.85. The van der Waals surface area contributed by atoms with Gasteiger partial charge in [0, 0.05) is 12.1 Å². The summed E-state index contributed by atoms with van der Waals surface area (Å²) in [5, 5.41) is 8.70. The van der Waals surface area contributed by atoms with Gasteiger partial charge in [-0.05, 0) is 6.07 Å². The van der Waals surface area contributed by atoms with Crippen molar-refractivity contribution >= 4 is 5.91 Å². The fraction of sp³-hybridized carbons (Fsp3) is 0.125. The first-order chi connectivity index (χ1) is 6.86. The smallest absolute Gasteiger partial charge is 0.288 e. The van der Waals surface area contributed by atoms with E-state index in [0.29, 0.717) is 6.54 Å². The SMILES string of the molecule is O=C(NCc1ccoc1)c1ncn[nH]1. The molecule has 0 spiro atoms. The molecule has 2 aromatic rings. The van der Waals surface area contributed by atoms with E-state index in [9.17, 15) is 4.79 Å². The normalized spacial score (nSPS) is 10.0. The number of nitrogens with zero attached hydrogens (tertiary/aromatic N) is 2. The van der Waals surface area contributed by atoms with Crippen LogP contribution in [0.5, 0.6) is 0 Å². The van der Waals surface area contributed by atoms with Gasteiger partial charge in [0.2, 0.25) is 5.82 Å². The molecular formula is C8H8N4O2. The van der Waals surface area contributed by atoms with E-state index in [4.69, 9.17) is 4.42 Å². The summed E-state index contributed by atoms with van der Waals surface area (Å²) in [6.07, 6.45) is 4.41. The van der Waals surface area contributed by atoms with Gasteiger partial charge in [-0.15, -0.1) is 0 Å². The molecule has 0 radical (unpaired) electrons. The summed E-state index contributed by atoms with van der Waals surface area (Å²) in [5.74, 6) is -0.0859. The zero-order valence-electron chi connectivity index (χ0n) is 7.23. The van der Waals surface area contributed by atoms with E-state index >= 15 is 0 Å². The minimum Gasteiger partial charge on any atom is -0.472 e. The van der Waals surface area contributed by atoms with Crippen molar-refractivity contribution < 1.29 is 9.21 Å². The van der Waals surface area contributed by atoms with Crippen molar-refractivity contribution in [2.45, 2.75) is 6.54 Å². The number of hydrogen-bond acceptors (Lipinski definition) is 4. The fourth-order valence-electron chi connectivity index (χ4n) is 0.974. The Labute approximate surface area is 79.3 Å². The van der Waals surface area contributed by atoms with Gasteiger partial charge in [0.15, 0.2) is 0 Å². The van der Waals surface area contributed by atoms with Crippen LogP contribution in [0.25, 0.3) is 0 Å². The Hall–Kier alpha value is -2.11. The zero-order chi connectivity index (χ0) is 9.80. The summed E-state index contributed by atoms with van der Waals surface area (Å²) in [6, 6.07) is 1.78. The zero-order valence-corrected chi connectivity index (χ0v) is 7.23. The molecule has 2 heterocycles. The molecule has 14 heavy (non-hydrogen) atoms. The number of rotatable bonds is 3. The lowest BCUT2D eigenvalue weighted by molar-refractivity contribution is 0.0941. The molecule has 6 heteroatoms. The number of carbonyl (C=O) groups is 1. The Kier molecular flexibility index (Phi) is 2.26. The van der Waals surface area contributed by atoms with Gasteiger partial charge in [-0.2, -0.15) is 5.10 Å². The van der Waals surface area contributed by atoms with Gasteiger partial charge in [0.05, 0.1) is 12.5 Å². The fourth-order valence-corrected chi connectivity index (χ4v) is 0.974. The molecule has 0 unspecified atom stereocenters. The number of furan rings is 1. The molecule has 0 aliphatic heterocycles. The number of hydrogen-bond donors (Lipinski definition) is 2. The summed E-state index contributed by atoms with van der Waals surface area (Å²) >= 11 is 0. The van der Waals surface area contributed by atoms with E-state index in [0.717, 1.165) is 5.56 Å².